The van der Waals surface area contributed by atoms with Crippen molar-refractivity contribution in [2.45, 2.75) is 38.5 Å². The minimum absolute atomic E-state index is 0.548. The van der Waals surface area contributed by atoms with Crippen molar-refractivity contribution in [1.82, 2.24) is 9.97 Å². The van der Waals surface area contributed by atoms with Crippen LogP contribution in [0.5, 0.6) is 0 Å². The van der Waals surface area contributed by atoms with E-state index in [2.05, 4.69) is 71.0 Å². The lowest BCUT2D eigenvalue weighted by Crippen LogP contribution is -2.04. The number of aromatic nitrogens is 2. The molecule has 1 aliphatic rings. The first-order valence-electron chi connectivity index (χ1n) is 7.45. The van der Waals surface area contributed by atoms with E-state index in [-0.39, 0.29) is 0 Å². The van der Waals surface area contributed by atoms with Gasteiger partial charge in [-0.05, 0) is 46.9 Å². The molecule has 1 saturated carbocycles. The van der Waals surface area contributed by atoms with E-state index in [0.717, 1.165) is 17.2 Å². The molecule has 0 bridgehead atoms. The van der Waals surface area contributed by atoms with Crippen LogP contribution >= 0.6 is 22.6 Å². The maximum atomic E-state index is 4.83. The van der Waals surface area contributed by atoms with Gasteiger partial charge in [0.05, 0.1) is 9.26 Å². The van der Waals surface area contributed by atoms with Crippen LogP contribution in [0.3, 0.4) is 0 Å². The molecule has 1 fully saturated rings. The van der Waals surface area contributed by atoms with E-state index in [1.165, 1.54) is 27.7 Å². The lowest BCUT2D eigenvalue weighted by Gasteiger charge is -2.11. The van der Waals surface area contributed by atoms with E-state index in [4.69, 9.17) is 4.98 Å². The Balaban J connectivity index is 2.03. The SMILES string of the molecule is CNc1nc(-c2ccc(C(C)C)cc2)nc(C2CC2)c1I. The number of halogens is 1. The average Bonchev–Trinajstić information content (AvgIpc) is 3.32. The largest absolute Gasteiger partial charge is 0.372 e. The summed E-state index contributed by atoms with van der Waals surface area (Å²) in [5, 5.41) is 3.20. The third-order valence-corrected chi connectivity index (χ3v) is 4.98. The highest BCUT2D eigenvalue weighted by molar-refractivity contribution is 14.1. The van der Waals surface area contributed by atoms with Crippen LogP contribution in [0.4, 0.5) is 5.82 Å². The Labute approximate surface area is 139 Å². The summed E-state index contributed by atoms with van der Waals surface area (Å²) in [6, 6.07) is 8.62. The lowest BCUT2D eigenvalue weighted by molar-refractivity contribution is 0.866. The van der Waals surface area contributed by atoms with Gasteiger partial charge >= 0.3 is 0 Å². The second kappa shape index (κ2) is 5.91. The third kappa shape index (κ3) is 3.05. The van der Waals surface area contributed by atoms with Crippen molar-refractivity contribution in [3.63, 3.8) is 0 Å². The van der Waals surface area contributed by atoms with Crippen LogP contribution < -0.4 is 5.32 Å². The minimum Gasteiger partial charge on any atom is -0.372 e. The van der Waals surface area contributed by atoms with Crippen LogP contribution in [0.2, 0.25) is 0 Å². The van der Waals surface area contributed by atoms with Gasteiger partial charge in [-0.25, -0.2) is 9.97 Å². The molecular weight excluding hydrogens is 373 g/mol. The van der Waals surface area contributed by atoms with Gasteiger partial charge in [0.25, 0.3) is 0 Å². The van der Waals surface area contributed by atoms with Crippen molar-refractivity contribution < 1.29 is 0 Å². The standard InChI is InChI=1S/C17H20IN3/c1-10(2)11-4-8-13(9-5-11)16-20-15(12-6-7-12)14(18)17(19-3)21-16/h4-5,8-10,12H,6-7H2,1-3H3,(H,19,20,21). The van der Waals surface area contributed by atoms with Crippen molar-refractivity contribution in [2.24, 2.45) is 0 Å². The summed E-state index contributed by atoms with van der Waals surface area (Å²) in [4.78, 5) is 9.51. The zero-order chi connectivity index (χ0) is 15.0. The summed E-state index contributed by atoms with van der Waals surface area (Å²) in [5.41, 5.74) is 3.65. The molecule has 1 heterocycles. The molecule has 0 radical (unpaired) electrons. The topological polar surface area (TPSA) is 37.8 Å². The molecule has 1 aliphatic carbocycles. The van der Waals surface area contributed by atoms with Crippen LogP contribution in [-0.4, -0.2) is 17.0 Å². The molecule has 0 aliphatic heterocycles. The fraction of sp³-hybridized carbons (Fsp3) is 0.412. The van der Waals surface area contributed by atoms with E-state index >= 15 is 0 Å². The minimum atomic E-state index is 0.548. The summed E-state index contributed by atoms with van der Waals surface area (Å²) in [6.07, 6.45) is 2.50. The Hall–Kier alpha value is -1.17. The number of anilines is 1. The number of hydrogen-bond donors (Lipinski definition) is 1. The second-order valence-corrected chi connectivity index (χ2v) is 6.97. The molecule has 2 aromatic rings. The molecule has 0 spiro atoms. The normalized spacial score (nSPS) is 14.5. The van der Waals surface area contributed by atoms with Gasteiger partial charge in [0.2, 0.25) is 0 Å². The predicted molar refractivity (Wildman–Crippen MR) is 95.8 cm³/mol. The first-order chi connectivity index (χ1) is 10.1. The monoisotopic (exact) mass is 393 g/mol. The van der Waals surface area contributed by atoms with Crippen LogP contribution in [-0.2, 0) is 0 Å². The summed E-state index contributed by atoms with van der Waals surface area (Å²) in [7, 11) is 1.92. The highest BCUT2D eigenvalue weighted by atomic mass is 127. The number of hydrogen-bond acceptors (Lipinski definition) is 3. The van der Waals surface area contributed by atoms with E-state index in [0.29, 0.717) is 11.8 Å². The Morgan fingerprint density at radius 2 is 1.81 bits per heavy atom. The van der Waals surface area contributed by atoms with Gasteiger partial charge in [-0.1, -0.05) is 38.1 Å². The number of nitrogens with one attached hydrogen (secondary N) is 1. The quantitative estimate of drug-likeness (QED) is 0.759. The number of nitrogens with zero attached hydrogens (tertiary/aromatic N) is 2. The zero-order valence-electron chi connectivity index (χ0n) is 12.7. The Morgan fingerprint density at radius 1 is 1.14 bits per heavy atom. The molecule has 3 nitrogen and oxygen atoms in total. The molecule has 0 unspecified atom stereocenters. The Morgan fingerprint density at radius 3 is 2.33 bits per heavy atom. The number of rotatable bonds is 4. The fourth-order valence-electron chi connectivity index (χ4n) is 2.40. The maximum Gasteiger partial charge on any atom is 0.161 e. The van der Waals surface area contributed by atoms with Crippen molar-refractivity contribution in [2.75, 3.05) is 12.4 Å². The van der Waals surface area contributed by atoms with Crippen molar-refractivity contribution >= 4 is 28.4 Å². The van der Waals surface area contributed by atoms with Gasteiger partial charge in [-0.2, -0.15) is 0 Å². The maximum absolute atomic E-state index is 4.83. The fourth-order valence-corrected chi connectivity index (χ4v) is 3.35. The molecule has 1 N–H and O–H groups in total. The van der Waals surface area contributed by atoms with Crippen LogP contribution in [0.1, 0.15) is 49.8 Å². The lowest BCUT2D eigenvalue weighted by atomic mass is 10.0. The van der Waals surface area contributed by atoms with Gasteiger partial charge < -0.3 is 5.32 Å². The van der Waals surface area contributed by atoms with Crippen LogP contribution in [0.15, 0.2) is 24.3 Å². The van der Waals surface area contributed by atoms with Crippen LogP contribution in [0, 0.1) is 3.57 Å². The Kier molecular flexibility index (Phi) is 4.15. The van der Waals surface area contributed by atoms with Gasteiger partial charge in [0.1, 0.15) is 5.82 Å². The van der Waals surface area contributed by atoms with Crippen molar-refractivity contribution in [3.8, 4) is 11.4 Å². The predicted octanol–water partition coefficient (Wildman–Crippen LogP) is 4.79. The highest BCUT2D eigenvalue weighted by Gasteiger charge is 2.29. The van der Waals surface area contributed by atoms with E-state index < -0.39 is 0 Å². The van der Waals surface area contributed by atoms with Gasteiger partial charge in [0, 0.05) is 18.5 Å². The highest BCUT2D eigenvalue weighted by Crippen LogP contribution is 2.42. The molecule has 1 aromatic carbocycles. The van der Waals surface area contributed by atoms with Gasteiger partial charge in [-0.3, -0.25) is 0 Å². The zero-order valence-corrected chi connectivity index (χ0v) is 14.8. The van der Waals surface area contributed by atoms with E-state index in [1.807, 2.05) is 7.05 Å². The summed E-state index contributed by atoms with van der Waals surface area (Å²) in [6.45, 7) is 4.42. The first kappa shape index (κ1) is 14.8. The smallest absolute Gasteiger partial charge is 0.161 e. The Bertz CT molecular complexity index is 646. The molecule has 0 amide bonds. The first-order valence-corrected chi connectivity index (χ1v) is 8.53. The molecule has 21 heavy (non-hydrogen) atoms. The molecule has 0 saturated heterocycles. The molecular formula is C17H20IN3. The van der Waals surface area contributed by atoms with E-state index in [1.54, 1.807) is 0 Å². The molecule has 4 heteroatoms. The van der Waals surface area contributed by atoms with Crippen molar-refractivity contribution in [1.29, 1.82) is 0 Å². The molecule has 0 atom stereocenters. The summed E-state index contributed by atoms with van der Waals surface area (Å²) in [5.74, 6) is 2.94. The van der Waals surface area contributed by atoms with E-state index in [9.17, 15) is 0 Å². The number of benzene rings is 1. The van der Waals surface area contributed by atoms with Crippen molar-refractivity contribution in [3.05, 3.63) is 39.1 Å². The molecule has 1 aromatic heterocycles. The van der Waals surface area contributed by atoms with Crippen LogP contribution in [0.25, 0.3) is 11.4 Å². The summed E-state index contributed by atoms with van der Waals surface area (Å²) < 4.78 is 1.17. The molecule has 110 valence electrons. The summed E-state index contributed by atoms with van der Waals surface area (Å²) >= 11 is 2.36. The molecule has 3 rings (SSSR count). The van der Waals surface area contributed by atoms with Gasteiger partial charge in [0.15, 0.2) is 5.82 Å². The van der Waals surface area contributed by atoms with Gasteiger partial charge in [-0.15, -0.1) is 0 Å². The second-order valence-electron chi connectivity index (χ2n) is 5.90. The third-order valence-electron chi connectivity index (χ3n) is 3.91. The average molecular weight is 393 g/mol.